The van der Waals surface area contributed by atoms with Gasteiger partial charge in [0, 0.05) is 12.3 Å². The number of sulfone groups is 1. The second kappa shape index (κ2) is 9.18. The van der Waals surface area contributed by atoms with Crippen molar-refractivity contribution in [3.63, 3.8) is 0 Å². The molecule has 2 aromatic carbocycles. The number of halogens is 2. The Morgan fingerprint density at radius 3 is 2.42 bits per heavy atom. The fraction of sp³-hybridized carbons (Fsp3) is 0.304. The van der Waals surface area contributed by atoms with E-state index in [1.165, 1.54) is 52.7 Å². The summed E-state index contributed by atoms with van der Waals surface area (Å²) in [5.41, 5.74) is 1.09. The van der Waals surface area contributed by atoms with E-state index in [0.29, 0.717) is 22.1 Å². The third-order valence-corrected chi connectivity index (χ3v) is 7.61. The molecule has 1 unspecified atom stereocenters. The van der Waals surface area contributed by atoms with Gasteiger partial charge in [-0.25, -0.2) is 22.2 Å². The smallest absolute Gasteiger partial charge is 0.257 e. The van der Waals surface area contributed by atoms with E-state index < -0.39 is 28.1 Å². The number of allylic oxidation sites excluding steroid dienone is 1. The molecular weight excluding hydrogens is 470 g/mol. The van der Waals surface area contributed by atoms with E-state index in [1.54, 1.807) is 19.2 Å². The molecule has 6 nitrogen and oxygen atoms in total. The number of hydrogen-bond acceptors (Lipinski definition) is 6. The molecule has 0 N–H and O–H groups in total. The van der Waals surface area contributed by atoms with E-state index in [-0.39, 0.29) is 23.7 Å². The second-order valence-corrected chi connectivity index (χ2v) is 10.9. The maximum Gasteiger partial charge on any atom is 0.257 e. The number of benzene rings is 2. The van der Waals surface area contributed by atoms with Crippen LogP contribution < -0.4 is 9.64 Å². The van der Waals surface area contributed by atoms with Crippen LogP contribution in [0.15, 0.2) is 59.5 Å². The predicted molar refractivity (Wildman–Crippen MR) is 125 cm³/mol. The molecule has 0 bridgehead atoms. The second-order valence-electron chi connectivity index (χ2n) is 7.89. The Morgan fingerprint density at radius 1 is 1.15 bits per heavy atom. The standard InChI is InChI=1S/C23H22F2N2O4S2/c1-31-16-6-9-20-21(13-16)32-23(26-20)27(15-4-7-17(8-5-15)33(2,29)30)22(28)10-3-14-11-18(24)19(25)12-14/h3-10,13-14,18-19H,11-12H2,1-2H3/t14?,18-,19+. The van der Waals surface area contributed by atoms with Crippen LogP contribution in [0.25, 0.3) is 10.2 Å². The highest BCUT2D eigenvalue weighted by Crippen LogP contribution is 2.36. The van der Waals surface area contributed by atoms with Gasteiger partial charge in [0.1, 0.15) is 18.1 Å². The van der Waals surface area contributed by atoms with Crippen molar-refractivity contribution in [1.82, 2.24) is 4.98 Å². The summed E-state index contributed by atoms with van der Waals surface area (Å²) in [6, 6.07) is 11.2. The van der Waals surface area contributed by atoms with Crippen molar-refractivity contribution in [3.05, 3.63) is 54.6 Å². The van der Waals surface area contributed by atoms with Crippen molar-refractivity contribution in [2.45, 2.75) is 30.1 Å². The van der Waals surface area contributed by atoms with Crippen LogP contribution in [-0.2, 0) is 14.6 Å². The molecule has 1 saturated carbocycles. The minimum atomic E-state index is -3.41. The Kier molecular flexibility index (Phi) is 6.49. The molecule has 1 aromatic heterocycles. The highest BCUT2D eigenvalue weighted by Gasteiger charge is 2.33. The predicted octanol–water partition coefficient (Wildman–Crippen LogP) is 5.02. The largest absolute Gasteiger partial charge is 0.497 e. The average Bonchev–Trinajstić information content (AvgIpc) is 3.33. The SMILES string of the molecule is COc1ccc2nc(N(C(=O)C=CC3C[C@@H](F)[C@@H](F)C3)c3ccc(S(C)(=O)=O)cc3)sc2c1. The van der Waals surface area contributed by atoms with Gasteiger partial charge in [-0.15, -0.1) is 0 Å². The number of ether oxygens (including phenoxy) is 1. The van der Waals surface area contributed by atoms with Crippen LogP contribution in [0.3, 0.4) is 0 Å². The molecule has 3 aromatic rings. The number of rotatable bonds is 6. The van der Waals surface area contributed by atoms with Crippen LogP contribution in [0.5, 0.6) is 5.75 Å². The number of nitrogens with zero attached hydrogens (tertiary/aromatic N) is 2. The van der Waals surface area contributed by atoms with Crippen LogP contribution in [0.4, 0.5) is 19.6 Å². The zero-order chi connectivity index (χ0) is 23.8. The quantitative estimate of drug-likeness (QED) is 0.452. The summed E-state index contributed by atoms with van der Waals surface area (Å²) >= 11 is 1.27. The summed E-state index contributed by atoms with van der Waals surface area (Å²) in [7, 11) is -1.85. The van der Waals surface area contributed by atoms with Crippen LogP contribution in [0.1, 0.15) is 12.8 Å². The Labute approximate surface area is 194 Å². The van der Waals surface area contributed by atoms with Crippen LogP contribution in [-0.4, -0.2) is 45.0 Å². The number of carbonyl (C=O) groups excluding carboxylic acids is 1. The Bertz CT molecular complexity index is 1300. The van der Waals surface area contributed by atoms with Gasteiger partial charge >= 0.3 is 0 Å². The number of methoxy groups -OCH3 is 1. The highest BCUT2D eigenvalue weighted by atomic mass is 32.2. The maximum atomic E-state index is 13.5. The number of alkyl halides is 2. The third-order valence-electron chi connectivity index (χ3n) is 5.48. The highest BCUT2D eigenvalue weighted by molar-refractivity contribution is 7.90. The number of anilines is 2. The summed E-state index contributed by atoms with van der Waals surface area (Å²) in [6.45, 7) is 0. The summed E-state index contributed by atoms with van der Waals surface area (Å²) in [6.07, 6.45) is 0.966. The van der Waals surface area contributed by atoms with E-state index in [2.05, 4.69) is 4.98 Å². The van der Waals surface area contributed by atoms with Crippen molar-refractivity contribution < 1.29 is 26.7 Å². The molecule has 3 atom stereocenters. The zero-order valence-electron chi connectivity index (χ0n) is 17.9. The van der Waals surface area contributed by atoms with Gasteiger partial charge in [0.25, 0.3) is 5.91 Å². The number of thiazole rings is 1. The molecule has 0 radical (unpaired) electrons. The average molecular weight is 493 g/mol. The van der Waals surface area contributed by atoms with Gasteiger partial charge in [-0.2, -0.15) is 0 Å². The Hall–Kier alpha value is -2.85. The first-order valence-corrected chi connectivity index (χ1v) is 12.9. The summed E-state index contributed by atoms with van der Waals surface area (Å²) in [5, 5.41) is 0.373. The number of aromatic nitrogens is 1. The third kappa shape index (κ3) is 5.06. The van der Waals surface area contributed by atoms with E-state index in [1.807, 2.05) is 6.07 Å². The summed E-state index contributed by atoms with van der Waals surface area (Å²) in [5.74, 6) is -0.172. The number of fused-ring (bicyclic) bond motifs is 1. The number of carbonyl (C=O) groups is 1. The van der Waals surface area contributed by atoms with Crippen LogP contribution in [0, 0.1) is 5.92 Å². The molecule has 0 saturated heterocycles. The van der Waals surface area contributed by atoms with E-state index in [9.17, 15) is 22.0 Å². The number of amides is 1. The molecule has 0 aliphatic heterocycles. The van der Waals surface area contributed by atoms with Crippen LogP contribution in [0.2, 0.25) is 0 Å². The van der Waals surface area contributed by atoms with Gasteiger partial charge in [0.15, 0.2) is 15.0 Å². The lowest BCUT2D eigenvalue weighted by Crippen LogP contribution is -2.24. The van der Waals surface area contributed by atoms with Gasteiger partial charge in [-0.1, -0.05) is 17.4 Å². The van der Waals surface area contributed by atoms with Crippen molar-refractivity contribution in [2.75, 3.05) is 18.3 Å². The molecule has 174 valence electrons. The Morgan fingerprint density at radius 2 is 1.82 bits per heavy atom. The summed E-state index contributed by atoms with van der Waals surface area (Å²) in [4.78, 5) is 19.3. The van der Waals surface area contributed by atoms with Gasteiger partial charge in [0.2, 0.25) is 0 Å². The molecule has 1 heterocycles. The molecule has 4 rings (SSSR count). The normalized spacial score (nSPS) is 21.0. The molecule has 10 heteroatoms. The first kappa shape index (κ1) is 23.3. The zero-order valence-corrected chi connectivity index (χ0v) is 19.6. The lowest BCUT2D eigenvalue weighted by atomic mass is 10.1. The van der Waals surface area contributed by atoms with Gasteiger partial charge in [0.05, 0.1) is 27.9 Å². The minimum Gasteiger partial charge on any atom is -0.497 e. The van der Waals surface area contributed by atoms with E-state index in [0.717, 1.165) is 11.0 Å². The first-order valence-electron chi connectivity index (χ1n) is 10.2. The topological polar surface area (TPSA) is 76.6 Å². The molecule has 1 fully saturated rings. The van der Waals surface area contributed by atoms with E-state index >= 15 is 0 Å². The summed E-state index contributed by atoms with van der Waals surface area (Å²) < 4.78 is 56.7. The van der Waals surface area contributed by atoms with Crippen molar-refractivity contribution in [3.8, 4) is 5.75 Å². The van der Waals surface area contributed by atoms with Gasteiger partial charge in [-0.3, -0.25) is 9.69 Å². The molecule has 1 aliphatic rings. The van der Waals surface area contributed by atoms with Gasteiger partial charge < -0.3 is 4.74 Å². The minimum absolute atomic E-state index is 0.0366. The van der Waals surface area contributed by atoms with Crippen LogP contribution >= 0.6 is 11.3 Å². The number of hydrogen-bond donors (Lipinski definition) is 0. The van der Waals surface area contributed by atoms with Crippen molar-refractivity contribution >= 4 is 48.1 Å². The van der Waals surface area contributed by atoms with Crippen molar-refractivity contribution in [2.24, 2.45) is 5.92 Å². The van der Waals surface area contributed by atoms with Crippen molar-refractivity contribution in [1.29, 1.82) is 0 Å². The lowest BCUT2D eigenvalue weighted by molar-refractivity contribution is -0.113. The molecule has 0 spiro atoms. The fourth-order valence-electron chi connectivity index (χ4n) is 3.71. The van der Waals surface area contributed by atoms with E-state index in [4.69, 9.17) is 4.74 Å². The molecular formula is C23H22F2N2O4S2. The maximum absolute atomic E-state index is 13.5. The molecule has 33 heavy (non-hydrogen) atoms. The van der Waals surface area contributed by atoms with Gasteiger partial charge in [-0.05, 0) is 61.2 Å². The monoisotopic (exact) mass is 492 g/mol. The molecule has 1 aliphatic carbocycles. The first-order chi connectivity index (χ1) is 15.7. The molecule has 1 amide bonds. The fourth-order valence-corrected chi connectivity index (χ4v) is 5.36. The lowest BCUT2D eigenvalue weighted by Gasteiger charge is -2.19. The Balaban J connectivity index is 1.71.